The minimum atomic E-state index is -2.51. The second-order valence-corrected chi connectivity index (χ2v) is 22.6. The summed E-state index contributed by atoms with van der Waals surface area (Å²) >= 11 is 9.31. The van der Waals surface area contributed by atoms with Gasteiger partial charge in [0.1, 0.15) is 3.64 Å². The van der Waals surface area contributed by atoms with E-state index in [0.29, 0.717) is 17.3 Å². The van der Waals surface area contributed by atoms with Crippen molar-refractivity contribution in [1.82, 2.24) is 0 Å². The molecule has 1 aromatic carbocycles. The first-order valence-corrected chi connectivity index (χ1v) is 15.0. The molecule has 3 rings (SSSR count). The average molecular weight is 463 g/mol. The number of hydrogen-bond acceptors (Lipinski definition) is 4. The Labute approximate surface area is 166 Å². The number of allylic oxidation sites excluding steroid dienone is 1. The van der Waals surface area contributed by atoms with Gasteiger partial charge in [-0.3, -0.25) is 0 Å². The number of halogens is 5. The predicted molar refractivity (Wildman–Crippen MR) is 106 cm³/mol. The summed E-state index contributed by atoms with van der Waals surface area (Å²) in [6, 6.07) is 0. The molecule has 0 unspecified atom stereocenters. The lowest BCUT2D eigenvalue weighted by molar-refractivity contribution is 0.361. The minimum absolute atomic E-state index is 0.150. The fraction of sp³-hybridized carbons (Fsp3) is 0.500. The SMILES string of the molecule is C=C(C)[C@H]1CC[C@@]2(C)S[P@@](=S)(Sc3c(F)c(F)c(F)c(F)c3F)S[C@@H]2C1. The molecule has 1 saturated heterocycles. The molecule has 1 aliphatic heterocycles. The van der Waals surface area contributed by atoms with E-state index in [-0.39, 0.29) is 10.00 Å². The molecule has 0 bridgehead atoms. The maximum atomic E-state index is 14.1. The van der Waals surface area contributed by atoms with Crippen LogP contribution in [0.3, 0.4) is 0 Å². The zero-order valence-electron chi connectivity index (χ0n) is 14.0. The van der Waals surface area contributed by atoms with Gasteiger partial charge in [0.25, 0.3) is 0 Å². The van der Waals surface area contributed by atoms with Crippen molar-refractivity contribution >= 4 is 49.6 Å². The van der Waals surface area contributed by atoms with Crippen molar-refractivity contribution < 1.29 is 22.0 Å². The van der Waals surface area contributed by atoms with Crippen molar-refractivity contribution in [3.63, 3.8) is 0 Å². The molecular formula is C16H16F5PS4. The van der Waals surface area contributed by atoms with Gasteiger partial charge in [-0.1, -0.05) is 58.1 Å². The van der Waals surface area contributed by atoms with Gasteiger partial charge in [0.15, 0.2) is 23.3 Å². The highest BCUT2D eigenvalue weighted by molar-refractivity contribution is 9.24. The third-order valence-electron chi connectivity index (χ3n) is 4.82. The maximum absolute atomic E-state index is 14.1. The van der Waals surface area contributed by atoms with Crippen LogP contribution in [-0.2, 0) is 11.8 Å². The average Bonchev–Trinajstić information content (AvgIpc) is 2.84. The Hall–Kier alpha value is 0.310. The van der Waals surface area contributed by atoms with Gasteiger partial charge < -0.3 is 0 Å². The van der Waals surface area contributed by atoms with E-state index in [1.807, 2.05) is 6.92 Å². The maximum Gasteiger partial charge on any atom is 0.200 e. The van der Waals surface area contributed by atoms with Crippen LogP contribution in [-0.4, -0.2) is 10.00 Å². The first kappa shape index (κ1) is 21.0. The molecule has 0 amide bonds. The van der Waals surface area contributed by atoms with Crippen LogP contribution in [0.2, 0.25) is 0 Å². The zero-order chi connectivity index (χ0) is 19.4. The summed E-state index contributed by atoms with van der Waals surface area (Å²) in [5, 5.41) is 0.183. The second kappa shape index (κ2) is 7.29. The summed E-state index contributed by atoms with van der Waals surface area (Å²) < 4.78 is 65.7. The molecule has 26 heavy (non-hydrogen) atoms. The minimum Gasteiger partial charge on any atom is -0.202 e. The van der Waals surface area contributed by atoms with E-state index < -0.39 is 37.6 Å². The van der Waals surface area contributed by atoms with E-state index in [1.54, 1.807) is 0 Å². The lowest BCUT2D eigenvalue weighted by atomic mass is 9.79. The topological polar surface area (TPSA) is 0 Å². The number of rotatable bonds is 3. The Morgan fingerprint density at radius 3 is 2.23 bits per heavy atom. The fourth-order valence-corrected chi connectivity index (χ4v) is 22.6. The molecule has 2 fully saturated rings. The van der Waals surface area contributed by atoms with Gasteiger partial charge in [-0.15, -0.1) is 0 Å². The lowest BCUT2D eigenvalue weighted by Gasteiger charge is -2.38. The van der Waals surface area contributed by atoms with Gasteiger partial charge in [0, 0.05) is 10.00 Å². The highest BCUT2D eigenvalue weighted by Gasteiger charge is 2.52. The molecule has 4 atom stereocenters. The first-order valence-electron chi connectivity index (χ1n) is 7.83. The van der Waals surface area contributed by atoms with Gasteiger partial charge in [-0.05, 0) is 39.0 Å². The monoisotopic (exact) mass is 462 g/mol. The quantitative estimate of drug-likeness (QED) is 0.148. The standard InChI is InChI=1S/C16H16F5PS4/c1-7(2)8-4-5-16(3)9(6-8)24-22(23,26-16)25-15-13(20)11(18)10(17)12(19)14(15)21/h8-9H,1,4-6H2,2-3H3/t8-,9+,16+,22+/m0/s1. The number of fused-ring (bicyclic) bond motifs is 1. The van der Waals surface area contributed by atoms with Crippen molar-refractivity contribution in [3.8, 4) is 0 Å². The van der Waals surface area contributed by atoms with Crippen LogP contribution in [0.4, 0.5) is 22.0 Å². The summed E-state index contributed by atoms with van der Waals surface area (Å²) in [5.41, 5.74) is 1.10. The third kappa shape index (κ3) is 3.63. The molecular weight excluding hydrogens is 446 g/mol. The third-order valence-corrected chi connectivity index (χ3v) is 19.1. The molecule has 0 radical (unpaired) electrons. The summed E-state index contributed by atoms with van der Waals surface area (Å²) in [4.78, 5) is -0.858. The molecule has 0 aromatic heterocycles. The molecule has 10 heteroatoms. The van der Waals surface area contributed by atoms with Crippen LogP contribution in [0.1, 0.15) is 33.1 Å². The van der Waals surface area contributed by atoms with E-state index in [2.05, 4.69) is 13.5 Å². The largest absolute Gasteiger partial charge is 0.202 e. The predicted octanol–water partition coefficient (Wildman–Crippen LogP) is 7.68. The molecule has 1 saturated carbocycles. The van der Waals surface area contributed by atoms with Crippen molar-refractivity contribution in [1.29, 1.82) is 0 Å². The van der Waals surface area contributed by atoms with Gasteiger partial charge in [0.05, 0.1) is 4.90 Å². The van der Waals surface area contributed by atoms with E-state index >= 15 is 0 Å². The van der Waals surface area contributed by atoms with Crippen LogP contribution >= 0.6 is 37.8 Å². The summed E-state index contributed by atoms with van der Waals surface area (Å²) in [6.07, 6.45) is 2.74. The fourth-order valence-electron chi connectivity index (χ4n) is 3.20. The Bertz CT molecular complexity index is 800. The normalized spacial score (nSPS) is 34.0. The van der Waals surface area contributed by atoms with Gasteiger partial charge in [-0.25, -0.2) is 22.0 Å². The van der Waals surface area contributed by atoms with E-state index in [4.69, 9.17) is 11.8 Å². The number of hydrogen-bond donors (Lipinski definition) is 0. The van der Waals surface area contributed by atoms with Gasteiger partial charge in [0.2, 0.25) is 5.82 Å². The molecule has 1 heterocycles. The molecule has 144 valence electrons. The Morgan fingerprint density at radius 1 is 1.15 bits per heavy atom. The molecule has 0 N–H and O–H groups in total. The Kier molecular flexibility index (Phi) is 5.89. The van der Waals surface area contributed by atoms with Crippen LogP contribution in [0.25, 0.3) is 0 Å². The summed E-state index contributed by atoms with van der Waals surface area (Å²) in [6.45, 7) is 8.08. The summed E-state index contributed by atoms with van der Waals surface area (Å²) in [7, 11) is 0. The second-order valence-electron chi connectivity index (χ2n) is 6.75. The number of benzene rings is 1. The van der Waals surface area contributed by atoms with Crippen molar-refractivity contribution in [3.05, 3.63) is 41.2 Å². The molecule has 2 aliphatic rings. The van der Waals surface area contributed by atoms with E-state index in [0.717, 1.165) is 24.8 Å². The lowest BCUT2D eigenvalue weighted by Crippen LogP contribution is -2.36. The van der Waals surface area contributed by atoms with Gasteiger partial charge >= 0.3 is 0 Å². The van der Waals surface area contributed by atoms with E-state index in [1.165, 1.54) is 22.8 Å². The molecule has 1 aromatic rings. The van der Waals surface area contributed by atoms with Gasteiger partial charge in [-0.2, -0.15) is 0 Å². The molecule has 1 aliphatic carbocycles. The van der Waals surface area contributed by atoms with Crippen LogP contribution in [0.15, 0.2) is 17.0 Å². The Balaban J connectivity index is 1.91. The highest BCUT2D eigenvalue weighted by atomic mass is 33.5. The van der Waals surface area contributed by atoms with Crippen LogP contribution < -0.4 is 0 Å². The van der Waals surface area contributed by atoms with Crippen LogP contribution in [0.5, 0.6) is 0 Å². The highest BCUT2D eigenvalue weighted by Crippen LogP contribution is 2.90. The Morgan fingerprint density at radius 2 is 1.69 bits per heavy atom. The van der Waals surface area contributed by atoms with Crippen molar-refractivity contribution in [2.45, 2.75) is 48.0 Å². The van der Waals surface area contributed by atoms with E-state index in [9.17, 15) is 22.0 Å². The van der Waals surface area contributed by atoms with Crippen molar-refractivity contribution in [2.24, 2.45) is 5.92 Å². The smallest absolute Gasteiger partial charge is 0.200 e. The molecule has 0 nitrogen and oxygen atoms in total. The first-order chi connectivity index (χ1) is 12.0. The van der Waals surface area contributed by atoms with Crippen LogP contribution in [0, 0.1) is 35.0 Å². The van der Waals surface area contributed by atoms with Crippen molar-refractivity contribution in [2.75, 3.05) is 0 Å². The summed E-state index contributed by atoms with van der Waals surface area (Å²) in [5.74, 6) is -9.20. The molecule has 0 spiro atoms. The zero-order valence-corrected chi connectivity index (χ0v) is 18.1.